The molecule has 0 aromatic heterocycles. The van der Waals surface area contributed by atoms with Gasteiger partial charge >= 0.3 is 11.7 Å². The van der Waals surface area contributed by atoms with Gasteiger partial charge in [-0.15, -0.1) is 0 Å². The lowest BCUT2D eigenvalue weighted by atomic mass is 9.97. The van der Waals surface area contributed by atoms with Crippen molar-refractivity contribution in [3.05, 3.63) is 40.9 Å². The van der Waals surface area contributed by atoms with Crippen LogP contribution in [-0.4, -0.2) is 35.1 Å². The number of hydrogen-bond acceptors (Lipinski definition) is 4. The number of esters is 1. The van der Waals surface area contributed by atoms with Gasteiger partial charge in [0.1, 0.15) is 0 Å². The van der Waals surface area contributed by atoms with Gasteiger partial charge in [0.2, 0.25) is 5.78 Å². The second-order valence-corrected chi connectivity index (χ2v) is 4.34. The first kappa shape index (κ1) is 16.5. The van der Waals surface area contributed by atoms with Gasteiger partial charge in [-0.25, -0.2) is 4.79 Å². The van der Waals surface area contributed by atoms with Gasteiger partial charge in [0.25, 0.3) is 5.78 Å². The molecule has 6 heteroatoms. The molecule has 1 rings (SSSR count). The Kier molecular flexibility index (Phi) is 6.17. The van der Waals surface area contributed by atoms with Crippen molar-refractivity contribution in [3.63, 3.8) is 0 Å². The van der Waals surface area contributed by atoms with E-state index in [1.807, 2.05) is 6.92 Å². The highest BCUT2D eigenvalue weighted by molar-refractivity contribution is 6.67. The van der Waals surface area contributed by atoms with Gasteiger partial charge in [-0.3, -0.25) is 9.59 Å². The van der Waals surface area contributed by atoms with Crippen molar-refractivity contribution in [2.45, 2.75) is 26.2 Å². The Hall–Kier alpha value is -2.59. The Morgan fingerprint density at radius 3 is 2.33 bits per heavy atom. The van der Waals surface area contributed by atoms with Gasteiger partial charge in [0.15, 0.2) is 0 Å². The monoisotopic (exact) mass is 288 g/mol. The fourth-order valence-corrected chi connectivity index (χ4v) is 1.78. The summed E-state index contributed by atoms with van der Waals surface area (Å²) >= 11 is 0. The molecule has 0 aliphatic rings. The highest BCUT2D eigenvalue weighted by Crippen LogP contribution is 2.12. The normalized spacial score (nSPS) is 9.62. The summed E-state index contributed by atoms with van der Waals surface area (Å²) in [5.74, 6) is -2.04. The Bertz CT molecular complexity index is 616. The van der Waals surface area contributed by atoms with E-state index in [-0.39, 0.29) is 17.5 Å². The Morgan fingerprint density at radius 1 is 1.19 bits per heavy atom. The molecule has 1 aromatic carbocycles. The number of carbonyl (C=O) groups excluding carboxylic acids is 3. The maximum Gasteiger partial charge on any atom is 0.405 e. The number of unbranched alkanes of at least 4 members (excludes halogenated alkanes) is 1. The van der Waals surface area contributed by atoms with Crippen molar-refractivity contribution in [1.29, 1.82) is 0 Å². The molecule has 0 radical (unpaired) electrons. The Labute approximate surface area is 122 Å². The van der Waals surface area contributed by atoms with Crippen molar-refractivity contribution >= 4 is 23.2 Å². The lowest BCUT2D eigenvalue weighted by Gasteiger charge is -2.04. The highest BCUT2D eigenvalue weighted by atomic mass is 16.5. The standard InChI is InChI=1S/C15H16N2O4/c1-3-4-9-12(18)13(17-16)14(19)10-7-5-6-8-11(10)15(20)21-2/h5-8H,3-4,9H2,1-2H3. The largest absolute Gasteiger partial charge is 0.465 e. The predicted octanol–water partition coefficient (Wildman–Crippen LogP) is 2.09. The molecular weight excluding hydrogens is 272 g/mol. The van der Waals surface area contributed by atoms with Crippen molar-refractivity contribution in [1.82, 2.24) is 0 Å². The Balaban J connectivity index is 3.16. The second-order valence-electron chi connectivity index (χ2n) is 4.34. The zero-order valence-corrected chi connectivity index (χ0v) is 12.0. The molecular formula is C15H16N2O4. The fraction of sp³-hybridized carbons (Fsp3) is 0.333. The predicted molar refractivity (Wildman–Crippen MR) is 75.3 cm³/mol. The van der Waals surface area contributed by atoms with E-state index in [1.165, 1.54) is 19.2 Å². The van der Waals surface area contributed by atoms with Gasteiger partial charge in [0, 0.05) is 12.0 Å². The first-order valence-electron chi connectivity index (χ1n) is 6.54. The van der Waals surface area contributed by atoms with Crippen LogP contribution in [0.4, 0.5) is 0 Å². The summed E-state index contributed by atoms with van der Waals surface area (Å²) < 4.78 is 4.59. The molecule has 0 aliphatic heterocycles. The molecule has 0 aliphatic carbocycles. The molecule has 0 unspecified atom stereocenters. The molecule has 0 heterocycles. The maximum atomic E-state index is 12.3. The topological polar surface area (TPSA) is 96.8 Å². The first-order chi connectivity index (χ1) is 10.1. The number of benzene rings is 1. The van der Waals surface area contributed by atoms with Crippen LogP contribution in [0, 0.1) is 0 Å². The van der Waals surface area contributed by atoms with E-state index >= 15 is 0 Å². The minimum atomic E-state index is -0.792. The van der Waals surface area contributed by atoms with Crippen molar-refractivity contribution in [2.24, 2.45) is 0 Å². The smallest absolute Gasteiger partial charge is 0.405 e. The molecule has 6 nitrogen and oxygen atoms in total. The minimum Gasteiger partial charge on any atom is -0.465 e. The van der Waals surface area contributed by atoms with Crippen LogP contribution in [0.15, 0.2) is 24.3 Å². The van der Waals surface area contributed by atoms with Gasteiger partial charge < -0.3 is 10.3 Å². The number of carbonyl (C=O) groups is 3. The molecule has 0 spiro atoms. The van der Waals surface area contributed by atoms with E-state index in [0.717, 1.165) is 6.42 Å². The van der Waals surface area contributed by atoms with Crippen molar-refractivity contribution < 1.29 is 23.9 Å². The van der Waals surface area contributed by atoms with Crippen LogP contribution < -0.4 is 0 Å². The number of methoxy groups -OCH3 is 1. The van der Waals surface area contributed by atoms with E-state index in [2.05, 4.69) is 9.53 Å². The van der Waals surface area contributed by atoms with Crippen LogP contribution in [0.1, 0.15) is 46.9 Å². The number of ether oxygens (including phenoxy) is 1. The minimum absolute atomic E-state index is 0.0226. The molecule has 0 saturated heterocycles. The van der Waals surface area contributed by atoms with Crippen molar-refractivity contribution in [3.8, 4) is 0 Å². The lowest BCUT2D eigenvalue weighted by Crippen LogP contribution is -2.27. The van der Waals surface area contributed by atoms with E-state index in [9.17, 15) is 14.4 Å². The third kappa shape index (κ3) is 3.94. The van der Waals surface area contributed by atoms with Crippen LogP contribution >= 0.6 is 0 Å². The number of nitrogens with zero attached hydrogens (tertiary/aromatic N) is 2. The number of Topliss-reactive ketones (excluding diaryl/α,β-unsaturated/α-hetero) is 2. The summed E-state index contributed by atoms with van der Waals surface area (Å²) in [5, 5.41) is 0. The molecule has 1 aromatic rings. The SMILES string of the molecule is CCCCC(=O)C(=[N+]=[N-])C(=O)c1ccccc1C(=O)OC. The molecule has 0 amide bonds. The zero-order chi connectivity index (χ0) is 15.8. The average molecular weight is 288 g/mol. The lowest BCUT2D eigenvalue weighted by molar-refractivity contribution is -0.117. The average Bonchev–Trinajstić information content (AvgIpc) is 2.52. The van der Waals surface area contributed by atoms with Gasteiger partial charge in [-0.05, 0) is 18.6 Å². The molecule has 21 heavy (non-hydrogen) atoms. The van der Waals surface area contributed by atoms with Gasteiger partial charge in [-0.1, -0.05) is 25.5 Å². The van der Waals surface area contributed by atoms with E-state index in [4.69, 9.17) is 5.53 Å². The van der Waals surface area contributed by atoms with E-state index < -0.39 is 23.2 Å². The molecule has 0 bridgehead atoms. The van der Waals surface area contributed by atoms with Crippen LogP contribution in [0.2, 0.25) is 0 Å². The molecule has 0 saturated carbocycles. The number of ketones is 2. The van der Waals surface area contributed by atoms with E-state index in [1.54, 1.807) is 12.1 Å². The van der Waals surface area contributed by atoms with Crippen LogP contribution in [0.5, 0.6) is 0 Å². The maximum absolute atomic E-state index is 12.3. The van der Waals surface area contributed by atoms with E-state index in [0.29, 0.717) is 6.42 Å². The summed E-state index contributed by atoms with van der Waals surface area (Å²) in [5.41, 5.74) is 8.37. The number of rotatable bonds is 7. The van der Waals surface area contributed by atoms with Crippen molar-refractivity contribution in [2.75, 3.05) is 7.11 Å². The summed E-state index contributed by atoms with van der Waals surface area (Å²) in [4.78, 5) is 38.6. The molecule has 0 atom stereocenters. The third-order valence-electron chi connectivity index (χ3n) is 2.91. The summed E-state index contributed by atoms with van der Waals surface area (Å²) in [6.07, 6.45) is 1.48. The number of hydrogen-bond donors (Lipinski definition) is 0. The van der Waals surface area contributed by atoms with Gasteiger partial charge in [-0.2, -0.15) is 4.79 Å². The zero-order valence-electron chi connectivity index (χ0n) is 12.0. The Morgan fingerprint density at radius 2 is 1.81 bits per heavy atom. The molecule has 0 fully saturated rings. The highest BCUT2D eigenvalue weighted by Gasteiger charge is 2.32. The quantitative estimate of drug-likeness (QED) is 0.191. The van der Waals surface area contributed by atoms with Crippen LogP contribution in [0.3, 0.4) is 0 Å². The third-order valence-corrected chi connectivity index (χ3v) is 2.91. The summed E-state index contributed by atoms with van der Waals surface area (Å²) in [7, 11) is 1.19. The summed E-state index contributed by atoms with van der Waals surface area (Å²) in [6.45, 7) is 1.90. The fourth-order valence-electron chi connectivity index (χ4n) is 1.78. The molecule has 0 N–H and O–H groups in total. The summed E-state index contributed by atoms with van der Waals surface area (Å²) in [6, 6.07) is 5.90. The van der Waals surface area contributed by atoms with Gasteiger partial charge in [0.05, 0.1) is 12.7 Å². The second kappa shape index (κ2) is 7.87. The first-order valence-corrected chi connectivity index (χ1v) is 6.54. The molecule has 110 valence electrons. The van der Waals surface area contributed by atoms with Crippen LogP contribution in [0.25, 0.3) is 5.53 Å². The van der Waals surface area contributed by atoms with Crippen LogP contribution in [-0.2, 0) is 9.53 Å².